The van der Waals surface area contributed by atoms with Gasteiger partial charge >= 0.3 is 5.97 Å². The van der Waals surface area contributed by atoms with Gasteiger partial charge in [0.15, 0.2) is 17.3 Å². The van der Waals surface area contributed by atoms with Crippen molar-refractivity contribution in [1.82, 2.24) is 0 Å². The Morgan fingerprint density at radius 3 is 2.75 bits per heavy atom. The fraction of sp³-hybridized carbons (Fsp3) is 0.190. The maximum absolute atomic E-state index is 12.6. The number of esters is 1. The number of phenolic OH excluding ortho intramolecular Hbond substituents is 1. The SMILES string of the molecule is O=C1OCc2c1c(C1=CCC3=C(C=C1)OCO3)c1c3c(ccc1c2O)OCO3. The van der Waals surface area contributed by atoms with Crippen LogP contribution < -0.4 is 9.47 Å². The van der Waals surface area contributed by atoms with Crippen LogP contribution in [-0.2, 0) is 20.8 Å². The van der Waals surface area contributed by atoms with Crippen LogP contribution in [0.3, 0.4) is 0 Å². The first-order chi connectivity index (χ1) is 13.7. The van der Waals surface area contributed by atoms with Crippen molar-refractivity contribution >= 4 is 22.3 Å². The van der Waals surface area contributed by atoms with E-state index in [9.17, 15) is 9.90 Å². The van der Waals surface area contributed by atoms with E-state index < -0.39 is 5.97 Å². The number of phenols is 1. The molecule has 7 heteroatoms. The molecular weight excluding hydrogens is 364 g/mol. The Kier molecular flexibility index (Phi) is 3.01. The van der Waals surface area contributed by atoms with E-state index in [-0.39, 0.29) is 25.9 Å². The van der Waals surface area contributed by atoms with Crippen LogP contribution in [0.25, 0.3) is 16.3 Å². The zero-order valence-electron chi connectivity index (χ0n) is 14.6. The number of hydrogen-bond acceptors (Lipinski definition) is 7. The van der Waals surface area contributed by atoms with Crippen molar-refractivity contribution in [2.45, 2.75) is 13.0 Å². The fourth-order valence-corrected chi connectivity index (χ4v) is 4.08. The molecule has 2 aromatic carbocycles. The van der Waals surface area contributed by atoms with E-state index in [1.165, 1.54) is 0 Å². The maximum Gasteiger partial charge on any atom is 0.339 e. The minimum atomic E-state index is -0.467. The quantitative estimate of drug-likeness (QED) is 0.761. The fourth-order valence-electron chi connectivity index (χ4n) is 4.08. The largest absolute Gasteiger partial charge is 0.507 e. The molecule has 1 N–H and O–H groups in total. The molecule has 1 aliphatic carbocycles. The van der Waals surface area contributed by atoms with Gasteiger partial charge < -0.3 is 28.8 Å². The lowest BCUT2D eigenvalue weighted by molar-refractivity contribution is 0.0534. The molecule has 3 heterocycles. The summed E-state index contributed by atoms with van der Waals surface area (Å²) in [6.45, 7) is 0.332. The van der Waals surface area contributed by atoms with E-state index in [4.69, 9.17) is 23.7 Å². The summed E-state index contributed by atoms with van der Waals surface area (Å²) >= 11 is 0. The maximum atomic E-state index is 12.6. The molecule has 0 radical (unpaired) electrons. The molecule has 4 aliphatic rings. The predicted molar refractivity (Wildman–Crippen MR) is 96.7 cm³/mol. The number of allylic oxidation sites excluding steroid dienone is 4. The van der Waals surface area contributed by atoms with Crippen molar-refractivity contribution in [3.63, 3.8) is 0 Å². The summed E-state index contributed by atoms with van der Waals surface area (Å²) in [4.78, 5) is 12.6. The van der Waals surface area contributed by atoms with Crippen LogP contribution in [0.2, 0.25) is 0 Å². The Labute approximate surface area is 159 Å². The molecule has 0 aromatic heterocycles. The van der Waals surface area contributed by atoms with E-state index in [1.54, 1.807) is 12.1 Å². The van der Waals surface area contributed by atoms with Crippen LogP contribution >= 0.6 is 0 Å². The second-order valence-corrected chi connectivity index (χ2v) is 6.77. The average Bonchev–Trinajstić information content (AvgIpc) is 3.41. The number of carbonyl (C=O) groups excluding carboxylic acids is 1. The molecule has 0 spiro atoms. The van der Waals surface area contributed by atoms with Crippen molar-refractivity contribution in [1.29, 1.82) is 0 Å². The molecule has 0 fully saturated rings. The van der Waals surface area contributed by atoms with E-state index in [0.717, 1.165) is 11.3 Å². The highest BCUT2D eigenvalue weighted by molar-refractivity contribution is 6.13. The topological polar surface area (TPSA) is 83.5 Å². The molecule has 0 amide bonds. The van der Waals surface area contributed by atoms with Crippen molar-refractivity contribution in [3.05, 3.63) is 58.6 Å². The number of carbonyl (C=O) groups is 1. The smallest absolute Gasteiger partial charge is 0.339 e. The summed E-state index contributed by atoms with van der Waals surface area (Å²) < 4.78 is 27.4. The number of cyclic esters (lactones) is 1. The first-order valence-corrected chi connectivity index (χ1v) is 8.87. The van der Waals surface area contributed by atoms with Gasteiger partial charge in [0.05, 0.1) is 5.56 Å². The molecule has 0 saturated carbocycles. The summed E-state index contributed by atoms with van der Waals surface area (Å²) in [5.41, 5.74) is 2.29. The number of ether oxygens (including phenoxy) is 5. The van der Waals surface area contributed by atoms with Crippen molar-refractivity contribution in [3.8, 4) is 17.2 Å². The molecule has 140 valence electrons. The van der Waals surface area contributed by atoms with E-state index >= 15 is 0 Å². The minimum absolute atomic E-state index is 0.0309. The van der Waals surface area contributed by atoms with E-state index in [0.29, 0.717) is 51.1 Å². The summed E-state index contributed by atoms with van der Waals surface area (Å²) in [6, 6.07) is 3.53. The lowest BCUT2D eigenvalue weighted by Gasteiger charge is -2.15. The highest BCUT2D eigenvalue weighted by atomic mass is 16.7. The van der Waals surface area contributed by atoms with Crippen molar-refractivity contribution in [2.75, 3.05) is 13.6 Å². The van der Waals surface area contributed by atoms with Gasteiger partial charge in [0, 0.05) is 28.3 Å². The van der Waals surface area contributed by atoms with Gasteiger partial charge in [-0.05, 0) is 23.8 Å². The summed E-state index contributed by atoms with van der Waals surface area (Å²) in [7, 11) is 0. The second kappa shape index (κ2) is 5.45. The van der Waals surface area contributed by atoms with Crippen LogP contribution in [-0.4, -0.2) is 24.7 Å². The Morgan fingerprint density at radius 1 is 0.929 bits per heavy atom. The predicted octanol–water partition coefficient (Wildman–Crippen LogP) is 3.50. The summed E-state index contributed by atoms with van der Waals surface area (Å²) in [5, 5.41) is 12.0. The van der Waals surface area contributed by atoms with Crippen molar-refractivity contribution in [2.24, 2.45) is 0 Å². The molecule has 6 rings (SSSR count). The highest BCUT2D eigenvalue weighted by Gasteiger charge is 2.34. The van der Waals surface area contributed by atoms with Crippen LogP contribution in [0.1, 0.15) is 27.9 Å². The summed E-state index contributed by atoms with van der Waals surface area (Å²) in [6.07, 6.45) is 6.20. The first-order valence-electron chi connectivity index (χ1n) is 8.87. The zero-order chi connectivity index (χ0) is 18.8. The third-order valence-corrected chi connectivity index (χ3v) is 5.37. The number of aromatic hydroxyl groups is 1. The Hall–Kier alpha value is -3.61. The number of fused-ring (bicyclic) bond motifs is 4. The van der Waals surface area contributed by atoms with Crippen LogP contribution in [0.5, 0.6) is 17.2 Å². The lowest BCUT2D eigenvalue weighted by Crippen LogP contribution is -2.02. The monoisotopic (exact) mass is 378 g/mol. The minimum Gasteiger partial charge on any atom is -0.507 e. The highest BCUT2D eigenvalue weighted by Crippen LogP contribution is 2.50. The number of benzene rings is 2. The van der Waals surface area contributed by atoms with Crippen LogP contribution in [0, 0.1) is 0 Å². The zero-order valence-corrected chi connectivity index (χ0v) is 14.6. The average molecular weight is 378 g/mol. The van der Waals surface area contributed by atoms with Gasteiger partial charge in [-0.3, -0.25) is 0 Å². The number of rotatable bonds is 1. The molecule has 2 aromatic rings. The van der Waals surface area contributed by atoms with Gasteiger partial charge in [-0.25, -0.2) is 4.79 Å². The summed E-state index contributed by atoms with van der Waals surface area (Å²) in [5.74, 6) is 2.08. The Balaban J connectivity index is 1.68. The molecule has 7 nitrogen and oxygen atoms in total. The number of hydrogen-bond donors (Lipinski definition) is 1. The van der Waals surface area contributed by atoms with Gasteiger partial charge in [0.1, 0.15) is 18.1 Å². The molecule has 3 aliphatic heterocycles. The molecule has 28 heavy (non-hydrogen) atoms. The molecule has 0 atom stereocenters. The molecular formula is C21H14O7. The lowest BCUT2D eigenvalue weighted by atomic mass is 9.88. The van der Waals surface area contributed by atoms with Gasteiger partial charge in [-0.1, -0.05) is 12.2 Å². The van der Waals surface area contributed by atoms with Crippen LogP contribution in [0.4, 0.5) is 0 Å². The first kappa shape index (κ1) is 15.4. The molecule has 0 bridgehead atoms. The third kappa shape index (κ3) is 1.95. The van der Waals surface area contributed by atoms with E-state index in [1.807, 2.05) is 18.2 Å². The van der Waals surface area contributed by atoms with Crippen LogP contribution in [0.15, 0.2) is 41.9 Å². The van der Waals surface area contributed by atoms with Gasteiger partial charge in [0.25, 0.3) is 0 Å². The van der Waals surface area contributed by atoms with Gasteiger partial charge in [-0.15, -0.1) is 0 Å². The van der Waals surface area contributed by atoms with Crippen molar-refractivity contribution < 1.29 is 33.6 Å². The standard InChI is InChI=1S/C21H14O7/c22-19-11-3-6-15-20(28-9-27-15)17(11)16(18-12(19)7-24-21(18)23)10-1-4-13-14(5-2-10)26-8-25-13/h1-4,6,22H,5,7-9H2. The van der Waals surface area contributed by atoms with E-state index in [2.05, 4.69) is 0 Å². The normalized spacial score (nSPS) is 19.0. The van der Waals surface area contributed by atoms with Gasteiger partial charge in [0.2, 0.25) is 13.6 Å². The Morgan fingerprint density at radius 2 is 1.82 bits per heavy atom. The third-order valence-electron chi connectivity index (χ3n) is 5.37. The molecule has 0 unspecified atom stereocenters. The molecule has 0 saturated heterocycles. The van der Waals surface area contributed by atoms with Gasteiger partial charge in [-0.2, -0.15) is 0 Å². The Bertz CT molecular complexity index is 1170. The second-order valence-electron chi connectivity index (χ2n) is 6.77.